The van der Waals surface area contributed by atoms with Gasteiger partial charge in [-0.15, -0.1) is 0 Å². The van der Waals surface area contributed by atoms with E-state index in [4.69, 9.17) is 0 Å². The first kappa shape index (κ1) is 14.1. The normalized spacial score (nSPS) is 11.1. The van der Waals surface area contributed by atoms with Crippen molar-refractivity contribution in [1.29, 1.82) is 0 Å². The zero-order valence-electron chi connectivity index (χ0n) is 12.9. The zero-order valence-corrected chi connectivity index (χ0v) is 12.9. The summed E-state index contributed by atoms with van der Waals surface area (Å²) in [4.78, 5) is 30.7. The molecule has 0 spiro atoms. The largest absolute Gasteiger partial charge is 0.376 e. The second-order valence-electron chi connectivity index (χ2n) is 5.38. The van der Waals surface area contributed by atoms with Crippen molar-refractivity contribution in [3.63, 3.8) is 0 Å². The van der Waals surface area contributed by atoms with Crippen molar-refractivity contribution in [2.24, 2.45) is 14.1 Å². The number of para-hydroxylation sites is 2. The summed E-state index contributed by atoms with van der Waals surface area (Å²) in [5.41, 5.74) is 1.82. The van der Waals surface area contributed by atoms with E-state index in [1.54, 1.807) is 17.9 Å². The highest BCUT2D eigenvalue weighted by atomic mass is 16.2. The first-order valence-corrected chi connectivity index (χ1v) is 6.83. The summed E-state index contributed by atoms with van der Waals surface area (Å²) < 4.78 is 4.21. The molecule has 22 heavy (non-hydrogen) atoms. The molecule has 0 aliphatic heterocycles. The third-order valence-corrected chi connectivity index (χ3v) is 3.77. The number of anilines is 1. The number of imidazole rings is 1. The highest BCUT2D eigenvalue weighted by molar-refractivity contribution is 5.76. The Hall–Kier alpha value is -2.83. The predicted molar refractivity (Wildman–Crippen MR) is 85.9 cm³/mol. The molecule has 3 aromatic rings. The summed E-state index contributed by atoms with van der Waals surface area (Å²) >= 11 is 0. The van der Waals surface area contributed by atoms with Gasteiger partial charge in [0.15, 0.2) is 11.2 Å². The standard InChI is InChI=1S/C15H17N5O2/c1-17(2)10-7-5-6-8-11(10)20-9-16-13-12(20)14(21)19(4)15(22)18(13)3/h5-9H,1-4H3. The molecule has 0 aliphatic rings. The van der Waals surface area contributed by atoms with Gasteiger partial charge in [0.25, 0.3) is 5.56 Å². The monoisotopic (exact) mass is 299 g/mol. The molecule has 2 heterocycles. The molecule has 114 valence electrons. The number of fused-ring (bicyclic) bond motifs is 1. The maximum Gasteiger partial charge on any atom is 0.332 e. The van der Waals surface area contributed by atoms with Crippen LogP contribution in [0.25, 0.3) is 16.9 Å². The molecule has 0 atom stereocenters. The fraction of sp³-hybridized carbons (Fsp3) is 0.267. The minimum Gasteiger partial charge on any atom is -0.376 e. The van der Waals surface area contributed by atoms with Crippen molar-refractivity contribution >= 4 is 16.9 Å². The van der Waals surface area contributed by atoms with Gasteiger partial charge in [-0.2, -0.15) is 0 Å². The molecule has 1 aromatic carbocycles. The van der Waals surface area contributed by atoms with E-state index in [0.29, 0.717) is 11.2 Å². The van der Waals surface area contributed by atoms with Gasteiger partial charge in [0.05, 0.1) is 11.4 Å². The van der Waals surface area contributed by atoms with Crippen LogP contribution in [0.5, 0.6) is 0 Å². The van der Waals surface area contributed by atoms with Gasteiger partial charge in [-0.1, -0.05) is 12.1 Å². The van der Waals surface area contributed by atoms with Crippen molar-refractivity contribution in [2.75, 3.05) is 19.0 Å². The van der Waals surface area contributed by atoms with Crippen LogP contribution in [0.1, 0.15) is 0 Å². The molecule has 0 saturated carbocycles. The summed E-state index contributed by atoms with van der Waals surface area (Å²) in [7, 11) is 6.95. The van der Waals surface area contributed by atoms with Crippen LogP contribution >= 0.6 is 0 Å². The molecule has 2 aromatic heterocycles. The lowest BCUT2D eigenvalue weighted by Crippen LogP contribution is -2.37. The van der Waals surface area contributed by atoms with Crippen LogP contribution in [0.4, 0.5) is 5.69 Å². The SMILES string of the molecule is CN(C)c1ccccc1-n1cnc2c1c(=O)n(C)c(=O)n2C. The van der Waals surface area contributed by atoms with Crippen LogP contribution in [-0.2, 0) is 14.1 Å². The third kappa shape index (κ3) is 1.86. The van der Waals surface area contributed by atoms with Crippen LogP contribution in [0, 0.1) is 0 Å². The molecule has 3 rings (SSSR count). The molecule has 0 unspecified atom stereocenters. The lowest BCUT2D eigenvalue weighted by atomic mass is 10.2. The maximum absolute atomic E-state index is 12.5. The Labute approximate surface area is 126 Å². The van der Waals surface area contributed by atoms with Gasteiger partial charge in [0.2, 0.25) is 0 Å². The van der Waals surface area contributed by atoms with E-state index >= 15 is 0 Å². The molecule has 0 saturated heterocycles. The Balaban J connectivity index is 2.45. The van der Waals surface area contributed by atoms with Gasteiger partial charge in [0.1, 0.15) is 6.33 Å². The van der Waals surface area contributed by atoms with E-state index in [0.717, 1.165) is 15.9 Å². The molecule has 0 fully saturated rings. The van der Waals surface area contributed by atoms with Gasteiger partial charge in [-0.25, -0.2) is 9.78 Å². The van der Waals surface area contributed by atoms with E-state index in [-0.39, 0.29) is 11.2 Å². The Morgan fingerprint density at radius 3 is 2.41 bits per heavy atom. The van der Waals surface area contributed by atoms with Crippen molar-refractivity contribution in [3.05, 3.63) is 51.4 Å². The Morgan fingerprint density at radius 2 is 1.73 bits per heavy atom. The molecule has 0 aliphatic carbocycles. The van der Waals surface area contributed by atoms with Crippen molar-refractivity contribution in [2.45, 2.75) is 0 Å². The van der Waals surface area contributed by atoms with Crippen LogP contribution in [-0.4, -0.2) is 32.8 Å². The van der Waals surface area contributed by atoms with Crippen LogP contribution in [0.3, 0.4) is 0 Å². The van der Waals surface area contributed by atoms with Crippen LogP contribution in [0.15, 0.2) is 40.2 Å². The summed E-state index contributed by atoms with van der Waals surface area (Å²) in [6.45, 7) is 0. The van der Waals surface area contributed by atoms with Crippen molar-refractivity contribution < 1.29 is 0 Å². The smallest absolute Gasteiger partial charge is 0.332 e. The van der Waals surface area contributed by atoms with Crippen LogP contribution < -0.4 is 16.1 Å². The van der Waals surface area contributed by atoms with Crippen molar-refractivity contribution in [3.8, 4) is 5.69 Å². The number of rotatable bonds is 2. The molecule has 0 bridgehead atoms. The molecule has 7 nitrogen and oxygen atoms in total. The Bertz CT molecular complexity index is 978. The van der Waals surface area contributed by atoms with Gasteiger partial charge in [-0.05, 0) is 12.1 Å². The van der Waals surface area contributed by atoms with Gasteiger partial charge in [-0.3, -0.25) is 18.5 Å². The van der Waals surface area contributed by atoms with E-state index < -0.39 is 0 Å². The number of hydrogen-bond donors (Lipinski definition) is 0. The number of aryl methyl sites for hydroxylation is 1. The summed E-state index contributed by atoms with van der Waals surface area (Å²) in [5, 5.41) is 0. The molecule has 7 heteroatoms. The lowest BCUT2D eigenvalue weighted by molar-refractivity contribution is 0.707. The van der Waals surface area contributed by atoms with Crippen molar-refractivity contribution in [1.82, 2.24) is 18.7 Å². The third-order valence-electron chi connectivity index (χ3n) is 3.77. The topological polar surface area (TPSA) is 65.1 Å². The summed E-state index contributed by atoms with van der Waals surface area (Å²) in [6.07, 6.45) is 1.58. The first-order chi connectivity index (χ1) is 10.4. The second kappa shape index (κ2) is 4.87. The molecular weight excluding hydrogens is 282 g/mol. The zero-order chi connectivity index (χ0) is 16.0. The number of aromatic nitrogens is 4. The van der Waals surface area contributed by atoms with Gasteiger partial charge in [0, 0.05) is 28.2 Å². The predicted octanol–water partition coefficient (Wildman–Crippen LogP) is 0.489. The minimum atomic E-state index is -0.386. The number of hydrogen-bond acceptors (Lipinski definition) is 4. The molecule has 0 amide bonds. The summed E-state index contributed by atoms with van der Waals surface area (Å²) in [6, 6.07) is 7.72. The second-order valence-corrected chi connectivity index (χ2v) is 5.38. The first-order valence-electron chi connectivity index (χ1n) is 6.83. The van der Waals surface area contributed by atoms with Crippen LogP contribution in [0.2, 0.25) is 0 Å². The highest BCUT2D eigenvalue weighted by Gasteiger charge is 2.17. The highest BCUT2D eigenvalue weighted by Crippen LogP contribution is 2.24. The minimum absolute atomic E-state index is 0.357. The lowest BCUT2D eigenvalue weighted by Gasteiger charge is -2.18. The summed E-state index contributed by atoms with van der Waals surface area (Å²) in [5.74, 6) is 0. The number of nitrogens with zero attached hydrogens (tertiary/aromatic N) is 5. The van der Waals surface area contributed by atoms with E-state index in [2.05, 4.69) is 4.98 Å². The average molecular weight is 299 g/mol. The fourth-order valence-electron chi connectivity index (χ4n) is 2.57. The van der Waals surface area contributed by atoms with E-state index in [1.807, 2.05) is 43.3 Å². The average Bonchev–Trinajstić information content (AvgIpc) is 2.95. The molecule has 0 N–H and O–H groups in total. The van der Waals surface area contributed by atoms with Gasteiger partial charge < -0.3 is 4.90 Å². The quantitative estimate of drug-likeness (QED) is 0.691. The Morgan fingerprint density at radius 1 is 1.05 bits per heavy atom. The number of benzene rings is 1. The van der Waals surface area contributed by atoms with E-state index in [9.17, 15) is 9.59 Å². The fourth-order valence-corrected chi connectivity index (χ4v) is 2.57. The Kier molecular flexibility index (Phi) is 3.13. The van der Waals surface area contributed by atoms with Gasteiger partial charge >= 0.3 is 5.69 Å². The van der Waals surface area contributed by atoms with E-state index in [1.165, 1.54) is 11.6 Å². The molecule has 0 radical (unpaired) electrons. The molecular formula is C15H17N5O2. The maximum atomic E-state index is 12.5.